The number of thioether (sulfide) groups is 1. The van der Waals surface area contributed by atoms with Crippen LogP contribution in [-0.4, -0.2) is 28.9 Å². The molecular formula is C10H13ClN2OS. The van der Waals surface area contributed by atoms with Crippen molar-refractivity contribution in [2.45, 2.75) is 13.0 Å². The van der Waals surface area contributed by atoms with E-state index in [1.165, 1.54) is 6.20 Å². The van der Waals surface area contributed by atoms with Crippen LogP contribution < -0.4 is 5.32 Å². The predicted octanol–water partition coefficient (Wildman–Crippen LogP) is 2.22. The summed E-state index contributed by atoms with van der Waals surface area (Å²) in [7, 11) is 0. The molecule has 82 valence electrons. The molecule has 1 aromatic rings. The topological polar surface area (TPSA) is 42.0 Å². The van der Waals surface area contributed by atoms with Gasteiger partial charge in [-0.15, -0.1) is 0 Å². The molecule has 0 bridgehead atoms. The number of pyridine rings is 1. The Labute approximate surface area is 98.6 Å². The minimum atomic E-state index is -0.172. The fourth-order valence-corrected chi connectivity index (χ4v) is 1.91. The fourth-order valence-electron chi connectivity index (χ4n) is 1.14. The maximum atomic E-state index is 11.7. The lowest BCUT2D eigenvalue weighted by Gasteiger charge is -2.12. The van der Waals surface area contributed by atoms with E-state index >= 15 is 0 Å². The average molecular weight is 245 g/mol. The minimum absolute atomic E-state index is 0.128. The molecular weight excluding hydrogens is 232 g/mol. The first kappa shape index (κ1) is 12.3. The Morgan fingerprint density at radius 3 is 3.07 bits per heavy atom. The summed E-state index contributed by atoms with van der Waals surface area (Å²) in [6.07, 6.45) is 5.04. The Morgan fingerprint density at radius 1 is 1.73 bits per heavy atom. The van der Waals surface area contributed by atoms with Crippen LogP contribution in [0.2, 0.25) is 5.02 Å². The van der Waals surface area contributed by atoms with Gasteiger partial charge >= 0.3 is 0 Å². The van der Waals surface area contributed by atoms with E-state index in [1.54, 1.807) is 24.0 Å². The molecule has 1 heterocycles. The van der Waals surface area contributed by atoms with Gasteiger partial charge in [0.15, 0.2) is 0 Å². The van der Waals surface area contributed by atoms with Crippen LogP contribution in [0.3, 0.4) is 0 Å². The first-order chi connectivity index (χ1) is 7.15. The standard InChI is InChI=1S/C10H13ClN2OS/c1-7(6-15-2)13-10(14)8-5-12-4-3-9(8)11/h3-5,7H,6H2,1-2H3,(H,13,14). The molecule has 0 spiro atoms. The highest BCUT2D eigenvalue weighted by Gasteiger charge is 2.12. The molecule has 15 heavy (non-hydrogen) atoms. The monoisotopic (exact) mass is 244 g/mol. The third-order valence-electron chi connectivity index (χ3n) is 1.81. The zero-order valence-electron chi connectivity index (χ0n) is 8.66. The Morgan fingerprint density at radius 2 is 2.47 bits per heavy atom. The van der Waals surface area contributed by atoms with Crippen molar-refractivity contribution in [3.8, 4) is 0 Å². The maximum absolute atomic E-state index is 11.7. The van der Waals surface area contributed by atoms with E-state index in [-0.39, 0.29) is 11.9 Å². The number of aromatic nitrogens is 1. The Hall–Kier alpha value is -0.740. The zero-order valence-corrected chi connectivity index (χ0v) is 10.2. The number of hydrogen-bond donors (Lipinski definition) is 1. The average Bonchev–Trinajstić information content (AvgIpc) is 2.18. The largest absolute Gasteiger partial charge is 0.349 e. The molecule has 3 nitrogen and oxygen atoms in total. The van der Waals surface area contributed by atoms with Crippen molar-refractivity contribution in [1.29, 1.82) is 0 Å². The van der Waals surface area contributed by atoms with Crippen molar-refractivity contribution in [3.05, 3.63) is 29.0 Å². The molecule has 0 aliphatic rings. The van der Waals surface area contributed by atoms with E-state index in [0.717, 1.165) is 5.75 Å². The second-order valence-electron chi connectivity index (χ2n) is 3.19. The van der Waals surface area contributed by atoms with Crippen LogP contribution >= 0.6 is 23.4 Å². The van der Waals surface area contributed by atoms with Gasteiger partial charge in [-0.05, 0) is 19.2 Å². The second-order valence-corrected chi connectivity index (χ2v) is 4.50. The Kier molecular flexibility index (Phi) is 4.91. The van der Waals surface area contributed by atoms with Crippen LogP contribution in [0.5, 0.6) is 0 Å². The van der Waals surface area contributed by atoms with Crippen LogP contribution in [-0.2, 0) is 0 Å². The summed E-state index contributed by atoms with van der Waals surface area (Å²) in [6.45, 7) is 1.96. The molecule has 1 aromatic heterocycles. The molecule has 0 saturated heterocycles. The lowest BCUT2D eigenvalue weighted by atomic mass is 10.2. The Bertz CT molecular complexity index is 346. The predicted molar refractivity (Wildman–Crippen MR) is 64.6 cm³/mol. The van der Waals surface area contributed by atoms with Gasteiger partial charge in [0.05, 0.1) is 10.6 Å². The van der Waals surface area contributed by atoms with E-state index < -0.39 is 0 Å². The van der Waals surface area contributed by atoms with Gasteiger partial charge in [0.2, 0.25) is 0 Å². The molecule has 5 heteroatoms. The van der Waals surface area contributed by atoms with Gasteiger partial charge in [0.25, 0.3) is 5.91 Å². The van der Waals surface area contributed by atoms with Gasteiger partial charge in [0, 0.05) is 24.2 Å². The molecule has 1 N–H and O–H groups in total. The molecule has 0 aromatic carbocycles. The maximum Gasteiger partial charge on any atom is 0.254 e. The lowest BCUT2D eigenvalue weighted by molar-refractivity contribution is 0.0943. The molecule has 0 saturated carbocycles. The smallest absolute Gasteiger partial charge is 0.254 e. The molecule has 1 amide bonds. The van der Waals surface area contributed by atoms with Crippen LogP contribution in [0.4, 0.5) is 0 Å². The fraction of sp³-hybridized carbons (Fsp3) is 0.400. The highest BCUT2D eigenvalue weighted by atomic mass is 35.5. The van der Waals surface area contributed by atoms with E-state index in [1.807, 2.05) is 13.2 Å². The zero-order chi connectivity index (χ0) is 11.3. The molecule has 0 aliphatic carbocycles. The van der Waals surface area contributed by atoms with E-state index in [0.29, 0.717) is 10.6 Å². The van der Waals surface area contributed by atoms with Crippen molar-refractivity contribution in [2.24, 2.45) is 0 Å². The number of hydrogen-bond acceptors (Lipinski definition) is 3. The molecule has 1 atom stereocenters. The van der Waals surface area contributed by atoms with Crippen molar-refractivity contribution in [3.63, 3.8) is 0 Å². The van der Waals surface area contributed by atoms with E-state index in [9.17, 15) is 4.79 Å². The molecule has 1 unspecified atom stereocenters. The van der Waals surface area contributed by atoms with Gasteiger partial charge in [-0.3, -0.25) is 9.78 Å². The van der Waals surface area contributed by atoms with Crippen LogP contribution in [0.25, 0.3) is 0 Å². The third kappa shape index (κ3) is 3.72. The van der Waals surface area contributed by atoms with Crippen molar-refractivity contribution in [1.82, 2.24) is 10.3 Å². The van der Waals surface area contributed by atoms with E-state index in [4.69, 9.17) is 11.6 Å². The molecule has 0 radical (unpaired) electrons. The van der Waals surface area contributed by atoms with Gasteiger partial charge < -0.3 is 5.32 Å². The number of halogens is 1. The molecule has 0 fully saturated rings. The number of carbonyl (C=O) groups is 1. The first-order valence-corrected chi connectivity index (χ1v) is 6.31. The van der Waals surface area contributed by atoms with Gasteiger partial charge in [-0.25, -0.2) is 0 Å². The number of amides is 1. The van der Waals surface area contributed by atoms with Gasteiger partial charge in [-0.1, -0.05) is 11.6 Å². The van der Waals surface area contributed by atoms with Crippen LogP contribution in [0.1, 0.15) is 17.3 Å². The Balaban J connectivity index is 2.65. The SMILES string of the molecule is CSCC(C)NC(=O)c1cnccc1Cl. The van der Waals surface area contributed by atoms with Crippen molar-refractivity contribution < 1.29 is 4.79 Å². The van der Waals surface area contributed by atoms with Gasteiger partial charge in [0.1, 0.15) is 0 Å². The number of nitrogens with zero attached hydrogens (tertiary/aromatic N) is 1. The summed E-state index contributed by atoms with van der Waals surface area (Å²) in [5.41, 5.74) is 0.423. The quantitative estimate of drug-likeness (QED) is 0.883. The molecule has 0 aliphatic heterocycles. The van der Waals surface area contributed by atoms with Crippen molar-refractivity contribution >= 4 is 29.3 Å². The summed E-state index contributed by atoms with van der Waals surface area (Å²) in [6, 6.07) is 1.74. The highest BCUT2D eigenvalue weighted by molar-refractivity contribution is 7.98. The number of nitrogens with one attached hydrogen (secondary N) is 1. The summed E-state index contributed by atoms with van der Waals surface area (Å²) in [4.78, 5) is 15.6. The number of carbonyl (C=O) groups excluding carboxylic acids is 1. The minimum Gasteiger partial charge on any atom is -0.349 e. The van der Waals surface area contributed by atoms with Crippen LogP contribution in [0.15, 0.2) is 18.5 Å². The lowest BCUT2D eigenvalue weighted by Crippen LogP contribution is -2.34. The first-order valence-electron chi connectivity index (χ1n) is 4.54. The van der Waals surface area contributed by atoms with Gasteiger partial charge in [-0.2, -0.15) is 11.8 Å². The third-order valence-corrected chi connectivity index (χ3v) is 2.97. The van der Waals surface area contributed by atoms with Crippen molar-refractivity contribution in [2.75, 3.05) is 12.0 Å². The summed E-state index contributed by atoms with van der Waals surface area (Å²) >= 11 is 7.56. The summed E-state index contributed by atoms with van der Waals surface area (Å²) < 4.78 is 0. The second kappa shape index (κ2) is 5.98. The van der Waals surface area contributed by atoms with E-state index in [2.05, 4.69) is 10.3 Å². The van der Waals surface area contributed by atoms with Crippen LogP contribution in [0, 0.1) is 0 Å². The molecule has 1 rings (SSSR count). The summed E-state index contributed by atoms with van der Waals surface area (Å²) in [5.74, 6) is 0.707. The normalized spacial score (nSPS) is 12.2. The number of rotatable bonds is 4. The summed E-state index contributed by atoms with van der Waals surface area (Å²) in [5, 5.41) is 3.28. The highest BCUT2D eigenvalue weighted by Crippen LogP contribution is 2.13.